The van der Waals surface area contributed by atoms with E-state index in [4.69, 9.17) is 10.8 Å². The summed E-state index contributed by atoms with van der Waals surface area (Å²) in [5.74, 6) is 0.216. The number of hydrogen-bond donors (Lipinski definition) is 4. The van der Waals surface area contributed by atoms with Gasteiger partial charge in [-0.15, -0.1) is 0 Å². The first-order valence-electron chi connectivity index (χ1n) is 6.02. The molecule has 1 aromatic rings. The molecule has 0 aromatic carbocycles. The molecule has 18 heavy (non-hydrogen) atoms. The number of nitrogens with one attached hydrogen (secondary N) is 2. The molecule has 1 fully saturated rings. The molecule has 0 radical (unpaired) electrons. The zero-order valence-corrected chi connectivity index (χ0v) is 11.1. The molecule has 1 amide bonds. The predicted molar refractivity (Wildman–Crippen MR) is 71.8 cm³/mol. The summed E-state index contributed by atoms with van der Waals surface area (Å²) in [6.07, 6.45) is 2.07. The Balaban J connectivity index is 2.03. The van der Waals surface area contributed by atoms with Gasteiger partial charge in [-0.3, -0.25) is 4.79 Å². The summed E-state index contributed by atoms with van der Waals surface area (Å²) in [4.78, 5) is 12.0. The van der Waals surface area contributed by atoms with Crippen LogP contribution in [0.3, 0.4) is 0 Å². The van der Waals surface area contributed by atoms with Crippen molar-refractivity contribution in [2.45, 2.75) is 25.8 Å². The fourth-order valence-corrected chi connectivity index (χ4v) is 2.18. The number of hydrogen-bond acceptors (Lipinski definition) is 6. The second-order valence-corrected chi connectivity index (χ2v) is 5.46. The van der Waals surface area contributed by atoms with Gasteiger partial charge in [-0.1, -0.05) is 6.92 Å². The topological polar surface area (TPSA) is 100 Å². The average molecular weight is 270 g/mol. The number of aliphatic hydroxyl groups is 1. The molecule has 0 spiro atoms. The van der Waals surface area contributed by atoms with Crippen LogP contribution in [0.25, 0.3) is 0 Å². The number of amides is 1. The lowest BCUT2D eigenvalue weighted by molar-refractivity contribution is 0.0953. The number of aromatic nitrogens is 1. The number of carbonyl (C=O) groups excluding carboxylic acids is 1. The van der Waals surface area contributed by atoms with Gasteiger partial charge in [-0.2, -0.15) is 4.37 Å². The third-order valence-corrected chi connectivity index (χ3v) is 3.60. The quantitative estimate of drug-likeness (QED) is 0.608. The minimum absolute atomic E-state index is 0.102. The number of nitrogens with zero attached hydrogens (tertiary/aromatic N) is 1. The number of carbonyl (C=O) groups is 1. The molecule has 1 saturated carbocycles. The van der Waals surface area contributed by atoms with Crippen LogP contribution < -0.4 is 16.4 Å². The van der Waals surface area contributed by atoms with Crippen molar-refractivity contribution in [3.8, 4) is 0 Å². The van der Waals surface area contributed by atoms with Gasteiger partial charge >= 0.3 is 0 Å². The van der Waals surface area contributed by atoms with Gasteiger partial charge in [0, 0.05) is 19.2 Å². The van der Waals surface area contributed by atoms with Crippen LogP contribution in [-0.2, 0) is 0 Å². The van der Waals surface area contributed by atoms with Crippen LogP contribution in [0, 0.1) is 5.92 Å². The molecule has 1 atom stereocenters. The molecule has 100 valence electrons. The van der Waals surface area contributed by atoms with Gasteiger partial charge in [0.15, 0.2) is 5.82 Å². The van der Waals surface area contributed by atoms with Crippen LogP contribution in [0.15, 0.2) is 0 Å². The Morgan fingerprint density at radius 2 is 2.39 bits per heavy atom. The molecular weight excluding hydrogens is 252 g/mol. The van der Waals surface area contributed by atoms with E-state index in [-0.39, 0.29) is 24.2 Å². The van der Waals surface area contributed by atoms with Crippen molar-refractivity contribution in [2.75, 3.05) is 24.2 Å². The van der Waals surface area contributed by atoms with Gasteiger partial charge in [0.05, 0.1) is 0 Å². The molecule has 1 unspecified atom stereocenters. The maximum Gasteiger partial charge on any atom is 0.258 e. The summed E-state index contributed by atoms with van der Waals surface area (Å²) in [7, 11) is 0. The van der Waals surface area contributed by atoms with Crippen molar-refractivity contribution in [1.82, 2.24) is 9.69 Å². The summed E-state index contributed by atoms with van der Waals surface area (Å²) >= 11 is 1.18. The standard InChI is InChI=1S/C11H18N4O2S/c1-6(5-16)4-13-11-8(9(12)15-18-11)10(17)14-7-2-3-7/h6-7,13,16H,2-5H2,1H3,(H2,12,15)(H,14,17). The van der Waals surface area contributed by atoms with E-state index < -0.39 is 0 Å². The normalized spacial score (nSPS) is 16.3. The van der Waals surface area contributed by atoms with Crippen LogP contribution in [0.1, 0.15) is 30.1 Å². The SMILES string of the molecule is CC(CO)CNc1snc(N)c1C(=O)NC1CC1. The van der Waals surface area contributed by atoms with E-state index in [0.29, 0.717) is 23.2 Å². The Hall–Kier alpha value is -1.34. The third-order valence-electron chi connectivity index (χ3n) is 2.78. The maximum atomic E-state index is 12.0. The van der Waals surface area contributed by atoms with E-state index in [1.54, 1.807) is 0 Å². The Labute approximate surface area is 110 Å². The number of anilines is 2. The molecule has 2 rings (SSSR count). The van der Waals surface area contributed by atoms with Crippen molar-refractivity contribution < 1.29 is 9.90 Å². The molecule has 0 saturated heterocycles. The van der Waals surface area contributed by atoms with E-state index in [1.165, 1.54) is 11.5 Å². The number of nitrogen functional groups attached to an aromatic ring is 1. The van der Waals surface area contributed by atoms with E-state index in [2.05, 4.69) is 15.0 Å². The lowest BCUT2D eigenvalue weighted by atomic mass is 10.2. The average Bonchev–Trinajstić information content (AvgIpc) is 3.08. The predicted octanol–water partition coefficient (Wildman–Crippen LogP) is 0.658. The Morgan fingerprint density at radius 3 is 3.00 bits per heavy atom. The van der Waals surface area contributed by atoms with E-state index in [0.717, 1.165) is 12.8 Å². The lowest BCUT2D eigenvalue weighted by Crippen LogP contribution is -2.27. The van der Waals surface area contributed by atoms with Crippen LogP contribution in [0.4, 0.5) is 10.8 Å². The van der Waals surface area contributed by atoms with Crippen molar-refractivity contribution in [3.05, 3.63) is 5.56 Å². The number of rotatable bonds is 6. The molecule has 1 heterocycles. The van der Waals surface area contributed by atoms with Crippen molar-refractivity contribution in [2.24, 2.45) is 5.92 Å². The summed E-state index contributed by atoms with van der Waals surface area (Å²) in [5.41, 5.74) is 6.15. The van der Waals surface area contributed by atoms with E-state index in [9.17, 15) is 4.79 Å². The first-order valence-corrected chi connectivity index (χ1v) is 6.80. The first-order chi connectivity index (χ1) is 8.61. The summed E-state index contributed by atoms with van der Waals surface area (Å²) in [5, 5.41) is 15.7. The Bertz CT molecular complexity index is 431. The first kappa shape index (κ1) is 13.1. The van der Waals surface area contributed by atoms with Gasteiger partial charge in [0.2, 0.25) is 0 Å². The zero-order chi connectivity index (χ0) is 13.1. The number of nitrogens with two attached hydrogens (primary N) is 1. The van der Waals surface area contributed by atoms with Crippen molar-refractivity contribution >= 4 is 28.3 Å². The van der Waals surface area contributed by atoms with Crippen LogP contribution >= 0.6 is 11.5 Å². The largest absolute Gasteiger partial charge is 0.396 e. The number of aliphatic hydroxyl groups excluding tert-OH is 1. The summed E-state index contributed by atoms with van der Waals surface area (Å²) < 4.78 is 4.00. The molecule has 7 heteroatoms. The highest BCUT2D eigenvalue weighted by molar-refractivity contribution is 7.11. The molecule has 1 aliphatic rings. The second-order valence-electron chi connectivity index (χ2n) is 4.69. The minimum atomic E-state index is -0.164. The summed E-state index contributed by atoms with van der Waals surface area (Å²) in [6, 6.07) is 0.293. The Kier molecular flexibility index (Phi) is 4.03. The van der Waals surface area contributed by atoms with E-state index in [1.807, 2.05) is 6.92 Å². The van der Waals surface area contributed by atoms with Crippen molar-refractivity contribution in [3.63, 3.8) is 0 Å². The molecule has 0 bridgehead atoms. The molecular formula is C11H18N4O2S. The third kappa shape index (κ3) is 3.11. The highest BCUT2D eigenvalue weighted by Gasteiger charge is 2.27. The van der Waals surface area contributed by atoms with Gasteiger partial charge in [-0.25, -0.2) is 0 Å². The molecule has 5 N–H and O–H groups in total. The summed E-state index contributed by atoms with van der Waals surface area (Å²) in [6.45, 7) is 2.61. The van der Waals surface area contributed by atoms with Crippen molar-refractivity contribution in [1.29, 1.82) is 0 Å². The molecule has 6 nitrogen and oxygen atoms in total. The lowest BCUT2D eigenvalue weighted by Gasteiger charge is -2.10. The van der Waals surface area contributed by atoms with Gasteiger partial charge in [0.1, 0.15) is 10.6 Å². The van der Waals surface area contributed by atoms with Gasteiger partial charge in [0.25, 0.3) is 5.91 Å². The monoisotopic (exact) mass is 270 g/mol. The van der Waals surface area contributed by atoms with Gasteiger partial charge in [-0.05, 0) is 30.3 Å². The molecule has 1 aliphatic carbocycles. The molecule has 0 aliphatic heterocycles. The highest BCUT2D eigenvalue weighted by atomic mass is 32.1. The minimum Gasteiger partial charge on any atom is -0.396 e. The smallest absolute Gasteiger partial charge is 0.258 e. The van der Waals surface area contributed by atoms with Gasteiger partial charge < -0.3 is 21.5 Å². The molecule has 1 aromatic heterocycles. The zero-order valence-electron chi connectivity index (χ0n) is 10.3. The maximum absolute atomic E-state index is 12.0. The fourth-order valence-electron chi connectivity index (χ4n) is 1.46. The van der Waals surface area contributed by atoms with Crippen LogP contribution in [0.2, 0.25) is 0 Å². The highest BCUT2D eigenvalue weighted by Crippen LogP contribution is 2.28. The fraction of sp³-hybridized carbons (Fsp3) is 0.636. The second kappa shape index (κ2) is 5.53. The van der Waals surface area contributed by atoms with Crippen LogP contribution in [0.5, 0.6) is 0 Å². The Morgan fingerprint density at radius 1 is 1.67 bits per heavy atom. The van der Waals surface area contributed by atoms with Crippen LogP contribution in [-0.4, -0.2) is 34.6 Å². The van der Waals surface area contributed by atoms with E-state index >= 15 is 0 Å².